The number of hydrogen-bond donors (Lipinski definition) is 1. The molecule has 1 aromatic heterocycles. The van der Waals surface area contributed by atoms with Gasteiger partial charge in [-0.15, -0.1) is 5.10 Å². The fourth-order valence-corrected chi connectivity index (χ4v) is 1.92. The zero-order valence-corrected chi connectivity index (χ0v) is 11.8. The summed E-state index contributed by atoms with van der Waals surface area (Å²) in [6, 6.07) is 4.22. The van der Waals surface area contributed by atoms with Gasteiger partial charge in [-0.05, 0) is 28.1 Å². The molecule has 8 nitrogen and oxygen atoms in total. The standard InChI is InChI=1S/C11H10BrN5O3/c12-9-2-1-8(7-10(9)17(19)20)11(18)13-3-5-16-6-4-14-15-16/h1-2,4,6-7H,3,5H2,(H,13,18). The number of amides is 1. The average molecular weight is 340 g/mol. The van der Waals surface area contributed by atoms with E-state index < -0.39 is 4.92 Å². The van der Waals surface area contributed by atoms with Crippen molar-refractivity contribution in [2.75, 3.05) is 6.54 Å². The lowest BCUT2D eigenvalue weighted by Crippen LogP contribution is -2.27. The summed E-state index contributed by atoms with van der Waals surface area (Å²) in [4.78, 5) is 22.1. The maximum absolute atomic E-state index is 11.9. The Morgan fingerprint density at radius 2 is 2.30 bits per heavy atom. The van der Waals surface area contributed by atoms with E-state index in [9.17, 15) is 14.9 Å². The zero-order valence-electron chi connectivity index (χ0n) is 10.2. The molecule has 0 spiro atoms. The van der Waals surface area contributed by atoms with Gasteiger partial charge in [0.15, 0.2) is 0 Å². The van der Waals surface area contributed by atoms with Crippen LogP contribution in [0.4, 0.5) is 5.69 Å². The Bertz CT molecular complexity index is 629. The second kappa shape index (κ2) is 6.24. The summed E-state index contributed by atoms with van der Waals surface area (Å²) in [5, 5.41) is 20.8. The summed E-state index contributed by atoms with van der Waals surface area (Å²) in [6.45, 7) is 0.830. The summed E-state index contributed by atoms with van der Waals surface area (Å²) < 4.78 is 1.91. The maximum Gasteiger partial charge on any atom is 0.284 e. The second-order valence-electron chi connectivity index (χ2n) is 3.85. The Kier molecular flexibility index (Phi) is 4.41. The van der Waals surface area contributed by atoms with Crippen molar-refractivity contribution in [2.24, 2.45) is 0 Å². The van der Waals surface area contributed by atoms with Crippen molar-refractivity contribution in [3.8, 4) is 0 Å². The molecule has 1 amide bonds. The number of nitro groups is 1. The van der Waals surface area contributed by atoms with Crippen LogP contribution < -0.4 is 5.32 Å². The molecule has 0 aliphatic rings. The lowest BCUT2D eigenvalue weighted by Gasteiger charge is -2.05. The van der Waals surface area contributed by atoms with Crippen LogP contribution in [0.3, 0.4) is 0 Å². The third-order valence-corrected chi connectivity index (χ3v) is 3.17. The molecule has 1 N–H and O–H groups in total. The molecule has 0 atom stereocenters. The molecule has 0 saturated carbocycles. The summed E-state index contributed by atoms with van der Waals surface area (Å²) in [6.07, 6.45) is 3.22. The molecule has 2 aromatic rings. The number of rotatable bonds is 5. The minimum Gasteiger partial charge on any atom is -0.350 e. The van der Waals surface area contributed by atoms with Crippen molar-refractivity contribution in [2.45, 2.75) is 6.54 Å². The van der Waals surface area contributed by atoms with Crippen molar-refractivity contribution in [1.29, 1.82) is 0 Å². The van der Waals surface area contributed by atoms with E-state index in [-0.39, 0.29) is 17.2 Å². The molecular formula is C11H10BrN5O3. The van der Waals surface area contributed by atoms with E-state index >= 15 is 0 Å². The van der Waals surface area contributed by atoms with Gasteiger partial charge in [0.25, 0.3) is 11.6 Å². The van der Waals surface area contributed by atoms with Crippen molar-refractivity contribution in [3.63, 3.8) is 0 Å². The van der Waals surface area contributed by atoms with Crippen molar-refractivity contribution in [1.82, 2.24) is 20.3 Å². The predicted molar refractivity (Wildman–Crippen MR) is 73.2 cm³/mol. The van der Waals surface area contributed by atoms with Crippen LogP contribution in [-0.4, -0.2) is 32.4 Å². The molecule has 20 heavy (non-hydrogen) atoms. The number of halogens is 1. The van der Waals surface area contributed by atoms with Crippen LogP contribution in [0.1, 0.15) is 10.4 Å². The Morgan fingerprint density at radius 3 is 2.95 bits per heavy atom. The molecule has 0 unspecified atom stereocenters. The summed E-state index contributed by atoms with van der Waals surface area (Å²) in [5.74, 6) is -0.374. The van der Waals surface area contributed by atoms with Gasteiger partial charge in [-0.3, -0.25) is 19.6 Å². The minimum absolute atomic E-state index is 0.145. The van der Waals surface area contributed by atoms with Gasteiger partial charge in [0, 0.05) is 24.4 Å². The lowest BCUT2D eigenvalue weighted by molar-refractivity contribution is -0.385. The van der Waals surface area contributed by atoms with Crippen LogP contribution in [0, 0.1) is 10.1 Å². The molecule has 0 bridgehead atoms. The van der Waals surface area contributed by atoms with Crippen molar-refractivity contribution >= 4 is 27.5 Å². The van der Waals surface area contributed by atoms with Crippen molar-refractivity contribution < 1.29 is 9.72 Å². The first-order chi connectivity index (χ1) is 9.58. The van der Waals surface area contributed by atoms with E-state index in [1.165, 1.54) is 18.2 Å². The third-order valence-electron chi connectivity index (χ3n) is 2.50. The first-order valence-corrected chi connectivity index (χ1v) is 6.43. The number of aromatic nitrogens is 3. The molecule has 104 valence electrons. The zero-order chi connectivity index (χ0) is 14.5. The fraction of sp³-hybridized carbons (Fsp3) is 0.182. The highest BCUT2D eigenvalue weighted by Crippen LogP contribution is 2.25. The number of nitrogens with one attached hydrogen (secondary N) is 1. The lowest BCUT2D eigenvalue weighted by atomic mass is 10.2. The third kappa shape index (κ3) is 3.38. The number of hydrogen-bond acceptors (Lipinski definition) is 5. The van der Waals surface area contributed by atoms with Gasteiger partial charge in [-0.25, -0.2) is 0 Å². The number of nitro benzene ring substituents is 1. The van der Waals surface area contributed by atoms with Gasteiger partial charge in [-0.2, -0.15) is 0 Å². The fourth-order valence-electron chi connectivity index (χ4n) is 1.53. The molecule has 1 heterocycles. The quantitative estimate of drug-likeness (QED) is 0.654. The molecule has 0 saturated heterocycles. The van der Waals surface area contributed by atoms with E-state index in [4.69, 9.17) is 0 Å². The molecule has 0 fully saturated rings. The Morgan fingerprint density at radius 1 is 1.50 bits per heavy atom. The summed E-state index contributed by atoms with van der Waals surface area (Å²) in [7, 11) is 0. The Balaban J connectivity index is 1.98. The first kappa shape index (κ1) is 14.1. The van der Waals surface area contributed by atoms with Crippen LogP contribution in [0.5, 0.6) is 0 Å². The highest BCUT2D eigenvalue weighted by molar-refractivity contribution is 9.10. The van der Waals surface area contributed by atoms with Crippen LogP contribution in [0.25, 0.3) is 0 Å². The topological polar surface area (TPSA) is 103 Å². The molecule has 0 radical (unpaired) electrons. The Labute approximate surface area is 122 Å². The highest BCUT2D eigenvalue weighted by atomic mass is 79.9. The van der Waals surface area contributed by atoms with Crippen LogP contribution in [-0.2, 0) is 6.54 Å². The number of nitrogens with zero attached hydrogens (tertiary/aromatic N) is 4. The number of benzene rings is 1. The molecule has 9 heteroatoms. The van der Waals surface area contributed by atoms with Crippen molar-refractivity contribution in [3.05, 3.63) is 50.7 Å². The molecule has 1 aromatic carbocycles. The molecule has 0 aliphatic carbocycles. The summed E-state index contributed by atoms with van der Waals surface area (Å²) in [5.41, 5.74) is 0.0902. The Hall–Kier alpha value is -2.29. The second-order valence-corrected chi connectivity index (χ2v) is 4.70. The minimum atomic E-state index is -0.545. The van der Waals surface area contributed by atoms with Gasteiger partial charge in [0.05, 0.1) is 22.1 Å². The van der Waals surface area contributed by atoms with Crippen LogP contribution in [0.15, 0.2) is 35.1 Å². The normalized spacial score (nSPS) is 10.2. The van der Waals surface area contributed by atoms with E-state index in [0.717, 1.165) is 0 Å². The predicted octanol–water partition coefficient (Wildman–Crippen LogP) is 1.38. The monoisotopic (exact) mass is 339 g/mol. The molecular weight excluding hydrogens is 330 g/mol. The average Bonchev–Trinajstić information content (AvgIpc) is 2.92. The van der Waals surface area contributed by atoms with E-state index in [2.05, 4.69) is 31.6 Å². The van der Waals surface area contributed by atoms with Crippen LogP contribution in [0.2, 0.25) is 0 Å². The smallest absolute Gasteiger partial charge is 0.284 e. The van der Waals surface area contributed by atoms with Gasteiger partial charge >= 0.3 is 0 Å². The largest absolute Gasteiger partial charge is 0.350 e. The van der Waals surface area contributed by atoms with E-state index in [1.54, 1.807) is 17.1 Å². The van der Waals surface area contributed by atoms with E-state index in [0.29, 0.717) is 17.6 Å². The SMILES string of the molecule is O=C(NCCn1ccnn1)c1ccc(Br)c([N+](=O)[O-])c1. The van der Waals surface area contributed by atoms with E-state index in [1.807, 2.05) is 0 Å². The highest BCUT2D eigenvalue weighted by Gasteiger charge is 2.15. The van der Waals surface area contributed by atoms with Gasteiger partial charge < -0.3 is 5.32 Å². The van der Waals surface area contributed by atoms with Gasteiger partial charge in [-0.1, -0.05) is 5.21 Å². The molecule has 2 rings (SSSR count). The summed E-state index contributed by atoms with van der Waals surface area (Å²) >= 11 is 3.07. The maximum atomic E-state index is 11.9. The van der Waals surface area contributed by atoms with Gasteiger partial charge in [0.2, 0.25) is 0 Å². The molecule has 0 aliphatic heterocycles. The van der Waals surface area contributed by atoms with Gasteiger partial charge in [0.1, 0.15) is 0 Å². The number of carbonyl (C=O) groups is 1. The first-order valence-electron chi connectivity index (χ1n) is 5.64. The number of carbonyl (C=O) groups excluding carboxylic acids is 1. The van der Waals surface area contributed by atoms with Crippen LogP contribution >= 0.6 is 15.9 Å².